The van der Waals surface area contributed by atoms with Crippen molar-refractivity contribution in [1.29, 1.82) is 0 Å². The van der Waals surface area contributed by atoms with Crippen LogP contribution in [-0.4, -0.2) is 43.3 Å². The molecule has 0 aromatic rings. The molecule has 2 fully saturated rings. The largest absolute Gasteiger partial charge is 0.342 e. The van der Waals surface area contributed by atoms with E-state index in [-0.39, 0.29) is 22.3 Å². The fourth-order valence-corrected chi connectivity index (χ4v) is 4.52. The van der Waals surface area contributed by atoms with Gasteiger partial charge in [-0.3, -0.25) is 4.79 Å². The third-order valence-corrected chi connectivity index (χ3v) is 6.03. The van der Waals surface area contributed by atoms with Gasteiger partial charge in [0, 0.05) is 13.1 Å². The second-order valence-corrected chi connectivity index (χ2v) is 9.55. The van der Waals surface area contributed by atoms with Crippen LogP contribution < -0.4 is 0 Å². The van der Waals surface area contributed by atoms with Crippen molar-refractivity contribution in [3.8, 4) is 0 Å². The molecule has 19 heavy (non-hydrogen) atoms. The molecule has 110 valence electrons. The lowest BCUT2D eigenvalue weighted by molar-refractivity contribution is -0.127. The van der Waals surface area contributed by atoms with Crippen molar-refractivity contribution in [2.75, 3.05) is 18.8 Å². The Hall–Kier alpha value is -0.580. The summed E-state index contributed by atoms with van der Waals surface area (Å²) in [5, 5.41) is -0.232. The van der Waals surface area contributed by atoms with Crippen molar-refractivity contribution in [1.82, 2.24) is 4.90 Å². The van der Waals surface area contributed by atoms with Crippen LogP contribution in [0.5, 0.6) is 0 Å². The van der Waals surface area contributed by atoms with E-state index < -0.39 is 9.84 Å². The van der Waals surface area contributed by atoms with Gasteiger partial charge in [0.05, 0.1) is 5.25 Å². The lowest BCUT2D eigenvalue weighted by atomic mass is 9.84. The fraction of sp³-hybridized carbons (Fsp3) is 0.929. The van der Waals surface area contributed by atoms with Crippen molar-refractivity contribution in [2.24, 2.45) is 11.3 Å². The zero-order valence-electron chi connectivity index (χ0n) is 12.2. The van der Waals surface area contributed by atoms with Crippen LogP contribution in [0.15, 0.2) is 0 Å². The van der Waals surface area contributed by atoms with Gasteiger partial charge in [-0.1, -0.05) is 20.8 Å². The first-order valence-corrected chi connectivity index (χ1v) is 8.88. The van der Waals surface area contributed by atoms with Gasteiger partial charge in [-0.15, -0.1) is 0 Å². The Balaban J connectivity index is 1.85. The van der Waals surface area contributed by atoms with Crippen molar-refractivity contribution in [3.63, 3.8) is 0 Å². The SMILES string of the molecule is CC(C)(C)CC1CCN(C(=O)CS(=O)(=O)C2CC2)C1. The molecule has 1 aliphatic heterocycles. The zero-order valence-corrected chi connectivity index (χ0v) is 13.0. The highest BCUT2D eigenvalue weighted by molar-refractivity contribution is 7.93. The van der Waals surface area contributed by atoms with E-state index in [4.69, 9.17) is 0 Å². The van der Waals surface area contributed by atoms with E-state index in [1.165, 1.54) is 0 Å². The molecule has 1 unspecified atom stereocenters. The average molecular weight is 287 g/mol. The van der Waals surface area contributed by atoms with E-state index in [1.54, 1.807) is 4.90 Å². The first-order valence-electron chi connectivity index (χ1n) is 7.17. The molecule has 2 aliphatic rings. The van der Waals surface area contributed by atoms with E-state index in [2.05, 4.69) is 20.8 Å². The lowest BCUT2D eigenvalue weighted by Crippen LogP contribution is -2.35. The highest BCUT2D eigenvalue weighted by atomic mass is 32.2. The second-order valence-electron chi connectivity index (χ2n) is 7.27. The van der Waals surface area contributed by atoms with Gasteiger partial charge in [-0.25, -0.2) is 8.42 Å². The molecule has 1 saturated heterocycles. The maximum Gasteiger partial charge on any atom is 0.237 e. The normalized spacial score (nSPS) is 24.8. The van der Waals surface area contributed by atoms with Gasteiger partial charge in [0.25, 0.3) is 0 Å². The third-order valence-electron chi connectivity index (χ3n) is 3.90. The van der Waals surface area contributed by atoms with Gasteiger partial charge in [0.15, 0.2) is 9.84 Å². The standard InChI is InChI=1S/C14H25NO3S/c1-14(2,3)8-11-6-7-15(9-11)13(16)10-19(17,18)12-4-5-12/h11-12H,4-10H2,1-3H3. The van der Waals surface area contributed by atoms with Gasteiger partial charge in [-0.05, 0) is 37.0 Å². The van der Waals surface area contributed by atoms with Crippen molar-refractivity contribution in [3.05, 3.63) is 0 Å². The van der Waals surface area contributed by atoms with Crippen LogP contribution in [0.2, 0.25) is 0 Å². The predicted molar refractivity (Wildman–Crippen MR) is 75.6 cm³/mol. The molecular weight excluding hydrogens is 262 g/mol. The first-order chi connectivity index (χ1) is 8.67. The quantitative estimate of drug-likeness (QED) is 0.793. The van der Waals surface area contributed by atoms with Gasteiger partial charge >= 0.3 is 0 Å². The molecule has 1 saturated carbocycles. The van der Waals surface area contributed by atoms with Crippen LogP contribution in [0.1, 0.15) is 46.5 Å². The maximum atomic E-state index is 12.1. The molecule has 1 atom stereocenters. The topological polar surface area (TPSA) is 54.5 Å². The summed E-state index contributed by atoms with van der Waals surface area (Å²) in [6.07, 6.45) is 3.57. The van der Waals surface area contributed by atoms with Crippen LogP contribution in [0.3, 0.4) is 0 Å². The minimum atomic E-state index is -3.17. The molecule has 5 heteroatoms. The number of carbonyl (C=O) groups is 1. The summed E-state index contributed by atoms with van der Waals surface area (Å²) in [5.41, 5.74) is 0.268. The van der Waals surface area contributed by atoms with Crippen LogP contribution in [0.4, 0.5) is 0 Å². The highest BCUT2D eigenvalue weighted by Gasteiger charge is 2.39. The first kappa shape index (κ1) is 14.8. The number of hydrogen-bond acceptors (Lipinski definition) is 3. The molecule has 0 aromatic heterocycles. The van der Waals surface area contributed by atoms with Gasteiger partial charge in [0.2, 0.25) is 5.91 Å². The maximum absolute atomic E-state index is 12.1. The van der Waals surface area contributed by atoms with E-state index in [0.717, 1.165) is 38.8 Å². The Bertz CT molecular complexity index is 446. The second kappa shape index (κ2) is 5.08. The van der Waals surface area contributed by atoms with Gasteiger partial charge in [-0.2, -0.15) is 0 Å². The predicted octanol–water partition coefficient (Wildman–Crippen LogP) is 1.85. The minimum absolute atomic E-state index is 0.191. The molecule has 1 aliphatic carbocycles. The third kappa shape index (κ3) is 4.20. The highest BCUT2D eigenvalue weighted by Crippen LogP contribution is 2.32. The number of rotatable bonds is 4. The molecule has 1 amide bonds. The van der Waals surface area contributed by atoms with Crippen molar-refractivity contribution in [2.45, 2.75) is 51.7 Å². The number of sulfone groups is 1. The molecular formula is C14H25NO3S. The molecule has 0 aromatic carbocycles. The summed E-state index contributed by atoms with van der Waals surface area (Å²) in [7, 11) is -3.17. The summed E-state index contributed by atoms with van der Waals surface area (Å²) in [6.45, 7) is 8.06. The molecule has 0 radical (unpaired) electrons. The Morgan fingerprint density at radius 3 is 2.37 bits per heavy atom. The molecule has 1 heterocycles. The van der Waals surface area contributed by atoms with E-state index in [1.807, 2.05) is 0 Å². The summed E-state index contributed by atoms with van der Waals surface area (Å²) in [5.74, 6) is 0.0517. The van der Waals surface area contributed by atoms with E-state index >= 15 is 0 Å². The van der Waals surface area contributed by atoms with E-state index in [0.29, 0.717) is 5.92 Å². The van der Waals surface area contributed by atoms with Gasteiger partial charge in [0.1, 0.15) is 5.75 Å². The van der Waals surface area contributed by atoms with Crippen molar-refractivity contribution >= 4 is 15.7 Å². The number of amides is 1. The molecule has 4 nitrogen and oxygen atoms in total. The Morgan fingerprint density at radius 1 is 1.21 bits per heavy atom. The van der Waals surface area contributed by atoms with Crippen LogP contribution in [0.25, 0.3) is 0 Å². The zero-order chi connectivity index (χ0) is 14.3. The van der Waals surface area contributed by atoms with Crippen LogP contribution >= 0.6 is 0 Å². The Morgan fingerprint density at radius 2 is 1.84 bits per heavy atom. The number of hydrogen-bond donors (Lipinski definition) is 0. The summed E-state index contributed by atoms with van der Waals surface area (Å²) in [4.78, 5) is 13.8. The molecule has 0 N–H and O–H groups in total. The Kier molecular flexibility index (Phi) is 3.96. The average Bonchev–Trinajstić information content (AvgIpc) is 2.99. The smallest absolute Gasteiger partial charge is 0.237 e. The number of nitrogens with zero attached hydrogens (tertiary/aromatic N) is 1. The van der Waals surface area contributed by atoms with Crippen LogP contribution in [0, 0.1) is 11.3 Å². The summed E-state index contributed by atoms with van der Waals surface area (Å²) in [6, 6.07) is 0. The number of carbonyl (C=O) groups excluding carboxylic acids is 1. The van der Waals surface area contributed by atoms with Crippen molar-refractivity contribution < 1.29 is 13.2 Å². The minimum Gasteiger partial charge on any atom is -0.342 e. The summed E-state index contributed by atoms with van der Waals surface area (Å²) >= 11 is 0. The van der Waals surface area contributed by atoms with Crippen LogP contribution in [-0.2, 0) is 14.6 Å². The monoisotopic (exact) mass is 287 g/mol. The molecule has 0 spiro atoms. The molecule has 0 bridgehead atoms. The van der Waals surface area contributed by atoms with E-state index in [9.17, 15) is 13.2 Å². The summed E-state index contributed by atoms with van der Waals surface area (Å²) < 4.78 is 23.6. The Labute approximate surface area is 116 Å². The lowest BCUT2D eigenvalue weighted by Gasteiger charge is -2.23. The number of likely N-dealkylation sites (tertiary alicyclic amines) is 1. The van der Waals surface area contributed by atoms with Gasteiger partial charge < -0.3 is 4.90 Å². The fourth-order valence-electron chi connectivity index (χ4n) is 2.90. The molecule has 2 rings (SSSR count).